The van der Waals surface area contributed by atoms with Crippen molar-refractivity contribution in [1.29, 1.82) is 0 Å². The third-order valence-corrected chi connectivity index (χ3v) is 3.06. The van der Waals surface area contributed by atoms with Gasteiger partial charge in [-0.1, -0.05) is 30.3 Å². The Labute approximate surface area is 136 Å². The van der Waals surface area contributed by atoms with E-state index in [0.29, 0.717) is 19.5 Å². The van der Waals surface area contributed by atoms with E-state index in [4.69, 9.17) is 10.5 Å². The maximum atomic E-state index is 11.7. The third-order valence-electron chi connectivity index (χ3n) is 3.06. The molecule has 0 radical (unpaired) electrons. The van der Waals surface area contributed by atoms with E-state index in [1.807, 2.05) is 44.2 Å². The summed E-state index contributed by atoms with van der Waals surface area (Å²) in [5.74, 6) is -0.746. The number of ether oxygens (including phenoxy) is 1. The molecule has 0 aliphatic heterocycles. The van der Waals surface area contributed by atoms with E-state index in [0.717, 1.165) is 5.56 Å². The molecule has 0 saturated heterocycles. The van der Waals surface area contributed by atoms with Crippen LogP contribution in [-0.4, -0.2) is 42.5 Å². The molecule has 1 atom stereocenters. The van der Waals surface area contributed by atoms with Gasteiger partial charge in [0.15, 0.2) is 6.61 Å². The molecule has 1 aromatic rings. The Morgan fingerprint density at radius 1 is 1.19 bits per heavy atom. The number of esters is 1. The number of halogens is 1. The molecule has 1 rings (SSSR count). The van der Waals surface area contributed by atoms with E-state index < -0.39 is 12.0 Å². The van der Waals surface area contributed by atoms with Crippen LogP contribution in [0.5, 0.6) is 0 Å². The number of amides is 1. The number of likely N-dealkylation sites (N-methyl/N-ethyl adjacent to an activating group) is 1. The summed E-state index contributed by atoms with van der Waals surface area (Å²) in [6.07, 6.45) is 0.402. The Bertz CT molecular complexity index is 436. The van der Waals surface area contributed by atoms with Crippen LogP contribution >= 0.6 is 17.0 Å². The summed E-state index contributed by atoms with van der Waals surface area (Å²) in [5, 5.41) is 0. The van der Waals surface area contributed by atoms with Crippen LogP contribution in [0.15, 0.2) is 30.3 Å². The summed E-state index contributed by atoms with van der Waals surface area (Å²) < 4.78 is 4.97. The van der Waals surface area contributed by atoms with E-state index in [9.17, 15) is 9.59 Å². The average Bonchev–Trinajstić information content (AvgIpc) is 2.47. The lowest BCUT2D eigenvalue weighted by Crippen LogP contribution is -2.39. The fraction of sp³-hybridized carbons (Fsp3) is 0.467. The summed E-state index contributed by atoms with van der Waals surface area (Å²) in [7, 11) is 0. The van der Waals surface area contributed by atoms with Gasteiger partial charge in [-0.05, 0) is 25.8 Å². The summed E-state index contributed by atoms with van der Waals surface area (Å²) in [5.41, 5.74) is 6.74. The minimum Gasteiger partial charge on any atom is -0.454 e. The Hall–Kier alpha value is -1.40. The number of nitrogens with zero attached hydrogens (tertiary/aromatic N) is 1. The first-order chi connectivity index (χ1) is 9.58. The number of rotatable bonds is 7. The fourth-order valence-electron chi connectivity index (χ4n) is 1.86. The Balaban J connectivity index is 0.00000400. The van der Waals surface area contributed by atoms with Crippen LogP contribution in [0.4, 0.5) is 0 Å². The SMILES string of the molecule is Br.CCN(CC)C(=O)COC(=O)[C@@H](N)Cc1ccccc1. The lowest BCUT2D eigenvalue weighted by molar-refractivity contribution is -0.153. The molecule has 0 heterocycles. The second kappa shape index (κ2) is 10.3. The van der Waals surface area contributed by atoms with Crippen LogP contribution < -0.4 is 5.73 Å². The van der Waals surface area contributed by atoms with Gasteiger partial charge in [-0.15, -0.1) is 17.0 Å². The second-order valence-electron chi connectivity index (χ2n) is 4.47. The smallest absolute Gasteiger partial charge is 0.323 e. The van der Waals surface area contributed by atoms with Gasteiger partial charge in [0.05, 0.1) is 0 Å². The molecule has 1 amide bonds. The monoisotopic (exact) mass is 358 g/mol. The van der Waals surface area contributed by atoms with Gasteiger partial charge < -0.3 is 15.4 Å². The zero-order chi connectivity index (χ0) is 15.0. The molecule has 0 aliphatic rings. The molecule has 2 N–H and O–H groups in total. The Kier molecular flexibility index (Phi) is 9.65. The highest BCUT2D eigenvalue weighted by Crippen LogP contribution is 2.03. The normalized spacial score (nSPS) is 11.2. The highest BCUT2D eigenvalue weighted by molar-refractivity contribution is 8.93. The van der Waals surface area contributed by atoms with E-state index in [1.165, 1.54) is 0 Å². The van der Waals surface area contributed by atoms with Crippen molar-refractivity contribution in [2.24, 2.45) is 5.73 Å². The summed E-state index contributed by atoms with van der Waals surface area (Å²) in [6.45, 7) is 4.71. The largest absolute Gasteiger partial charge is 0.454 e. The van der Waals surface area contributed by atoms with E-state index in [2.05, 4.69) is 0 Å². The van der Waals surface area contributed by atoms with Crippen LogP contribution in [0.2, 0.25) is 0 Å². The molecule has 0 aliphatic carbocycles. The third kappa shape index (κ3) is 6.73. The quantitative estimate of drug-likeness (QED) is 0.750. The highest BCUT2D eigenvalue weighted by atomic mass is 79.9. The molecule has 21 heavy (non-hydrogen) atoms. The number of hydrogen-bond acceptors (Lipinski definition) is 4. The van der Waals surface area contributed by atoms with E-state index in [1.54, 1.807) is 4.90 Å². The molecule has 1 aromatic carbocycles. The predicted octanol–water partition coefficient (Wildman–Crippen LogP) is 1.55. The van der Waals surface area contributed by atoms with Gasteiger partial charge in [0, 0.05) is 13.1 Å². The van der Waals surface area contributed by atoms with Gasteiger partial charge in [-0.3, -0.25) is 9.59 Å². The number of carbonyl (C=O) groups excluding carboxylic acids is 2. The number of nitrogens with two attached hydrogens (primary N) is 1. The fourth-order valence-corrected chi connectivity index (χ4v) is 1.86. The van der Waals surface area contributed by atoms with Crippen molar-refractivity contribution >= 4 is 28.9 Å². The summed E-state index contributed by atoms with van der Waals surface area (Å²) in [4.78, 5) is 25.0. The maximum absolute atomic E-state index is 11.7. The topological polar surface area (TPSA) is 72.6 Å². The van der Waals surface area contributed by atoms with E-state index >= 15 is 0 Å². The first-order valence-corrected chi connectivity index (χ1v) is 6.82. The molecular weight excluding hydrogens is 336 g/mol. The van der Waals surface area contributed by atoms with Crippen molar-refractivity contribution in [3.8, 4) is 0 Å². The van der Waals surface area contributed by atoms with Crippen LogP contribution in [0.25, 0.3) is 0 Å². The standard InChI is InChI=1S/C15H22N2O3.BrH/c1-3-17(4-2)14(18)11-20-15(19)13(16)10-12-8-6-5-7-9-12;/h5-9,13H,3-4,10-11,16H2,1-2H3;1H/t13-;/m0./s1. The molecule has 6 heteroatoms. The van der Waals surface area contributed by atoms with Crippen molar-refractivity contribution in [2.75, 3.05) is 19.7 Å². The van der Waals surface area contributed by atoms with Gasteiger partial charge in [-0.2, -0.15) is 0 Å². The second-order valence-corrected chi connectivity index (χ2v) is 4.47. The lowest BCUT2D eigenvalue weighted by atomic mass is 10.1. The van der Waals surface area contributed by atoms with Gasteiger partial charge in [0.2, 0.25) is 0 Å². The van der Waals surface area contributed by atoms with Gasteiger partial charge in [-0.25, -0.2) is 0 Å². The van der Waals surface area contributed by atoms with Crippen molar-refractivity contribution in [2.45, 2.75) is 26.3 Å². The molecule has 5 nitrogen and oxygen atoms in total. The van der Waals surface area contributed by atoms with Crippen molar-refractivity contribution in [3.63, 3.8) is 0 Å². The zero-order valence-electron chi connectivity index (χ0n) is 12.5. The van der Waals surface area contributed by atoms with Crippen molar-refractivity contribution < 1.29 is 14.3 Å². The van der Waals surface area contributed by atoms with Crippen molar-refractivity contribution in [3.05, 3.63) is 35.9 Å². The van der Waals surface area contributed by atoms with Crippen molar-refractivity contribution in [1.82, 2.24) is 4.90 Å². The van der Waals surface area contributed by atoms with Crippen LogP contribution in [-0.2, 0) is 20.7 Å². The molecule has 0 aromatic heterocycles. The number of carbonyl (C=O) groups is 2. The summed E-state index contributed by atoms with van der Waals surface area (Å²) >= 11 is 0. The van der Waals surface area contributed by atoms with Crippen LogP contribution in [0, 0.1) is 0 Å². The Morgan fingerprint density at radius 3 is 2.29 bits per heavy atom. The first-order valence-electron chi connectivity index (χ1n) is 6.82. The first kappa shape index (κ1) is 19.6. The minimum atomic E-state index is -0.748. The van der Waals surface area contributed by atoms with Gasteiger partial charge in [0.1, 0.15) is 6.04 Å². The molecule has 118 valence electrons. The summed E-state index contributed by atoms with van der Waals surface area (Å²) in [6, 6.07) is 8.72. The molecule has 0 spiro atoms. The molecular formula is C15H23BrN2O3. The lowest BCUT2D eigenvalue weighted by Gasteiger charge is -2.19. The molecule has 0 fully saturated rings. The average molecular weight is 359 g/mol. The zero-order valence-corrected chi connectivity index (χ0v) is 14.2. The molecule has 0 saturated carbocycles. The predicted molar refractivity (Wildman–Crippen MR) is 87.3 cm³/mol. The molecule has 0 bridgehead atoms. The van der Waals surface area contributed by atoms with Gasteiger partial charge in [0.25, 0.3) is 5.91 Å². The van der Waals surface area contributed by atoms with Crippen LogP contribution in [0.1, 0.15) is 19.4 Å². The van der Waals surface area contributed by atoms with Crippen LogP contribution in [0.3, 0.4) is 0 Å². The number of benzene rings is 1. The maximum Gasteiger partial charge on any atom is 0.323 e. The number of hydrogen-bond donors (Lipinski definition) is 1. The minimum absolute atomic E-state index is 0. The van der Waals surface area contributed by atoms with E-state index in [-0.39, 0.29) is 29.5 Å². The molecule has 0 unspecified atom stereocenters. The van der Waals surface area contributed by atoms with Gasteiger partial charge >= 0.3 is 5.97 Å². The highest BCUT2D eigenvalue weighted by Gasteiger charge is 2.18. The Morgan fingerprint density at radius 2 is 1.76 bits per heavy atom.